The van der Waals surface area contributed by atoms with Gasteiger partial charge in [0.15, 0.2) is 6.61 Å². The number of carbonyl (C=O) groups is 1. The number of hydrogen-bond donors (Lipinski definition) is 2. The molecule has 1 heterocycles. The number of hydrogen-bond acceptors (Lipinski definition) is 5. The van der Waals surface area contributed by atoms with Gasteiger partial charge in [0.05, 0.1) is 23.4 Å². The van der Waals surface area contributed by atoms with E-state index in [1.807, 2.05) is 60.7 Å². The quantitative estimate of drug-likeness (QED) is 0.610. The van der Waals surface area contributed by atoms with Gasteiger partial charge in [0, 0.05) is 0 Å². The summed E-state index contributed by atoms with van der Waals surface area (Å²) in [6.07, 6.45) is 0. The molecule has 3 N–H and O–H groups in total. The first-order valence-electron chi connectivity index (χ1n) is 9.58. The summed E-state index contributed by atoms with van der Waals surface area (Å²) in [5.74, 6) is -0.125. The molecule has 3 aromatic rings. The predicted octanol–water partition coefficient (Wildman–Crippen LogP) is 3.12. The van der Waals surface area contributed by atoms with E-state index in [0.29, 0.717) is 16.9 Å². The third-order valence-corrected chi connectivity index (χ3v) is 6.41. The minimum absolute atomic E-state index is 0.0641. The first-order valence-corrected chi connectivity index (χ1v) is 11.2. The summed E-state index contributed by atoms with van der Waals surface area (Å²) in [5.41, 5.74) is 8.82. The highest BCUT2D eigenvalue weighted by atomic mass is 32.2. The molecule has 0 radical (unpaired) electrons. The number of sulfonamides is 1. The fourth-order valence-corrected chi connectivity index (χ4v) is 5.07. The van der Waals surface area contributed by atoms with Gasteiger partial charge in [0.1, 0.15) is 5.75 Å². The lowest BCUT2D eigenvalue weighted by molar-refractivity contribution is 0.0960. The molecule has 2 atom stereocenters. The number of fused-ring (bicyclic) bond motifs is 1. The van der Waals surface area contributed by atoms with Gasteiger partial charge in [-0.3, -0.25) is 4.79 Å². The van der Waals surface area contributed by atoms with Crippen molar-refractivity contribution in [1.82, 2.24) is 4.72 Å². The van der Waals surface area contributed by atoms with Gasteiger partial charge in [-0.2, -0.15) is 0 Å². The number of Topliss-reactive ketones (excluding diaryl/α,β-unsaturated/α-hetero) is 1. The smallest absolute Gasteiger partial charge is 0.216 e. The van der Waals surface area contributed by atoms with Crippen LogP contribution in [0.25, 0.3) is 0 Å². The molecule has 0 amide bonds. The first-order chi connectivity index (χ1) is 14.4. The summed E-state index contributed by atoms with van der Waals surface area (Å²) in [7, 11) is -3.82. The van der Waals surface area contributed by atoms with E-state index in [0.717, 1.165) is 11.1 Å². The van der Waals surface area contributed by atoms with Gasteiger partial charge in [0.25, 0.3) is 0 Å². The number of nitrogens with one attached hydrogen (secondary N) is 1. The largest absolute Gasteiger partial charge is 0.485 e. The molecule has 7 heteroatoms. The zero-order valence-electron chi connectivity index (χ0n) is 16.2. The van der Waals surface area contributed by atoms with Crippen molar-refractivity contribution in [2.24, 2.45) is 5.73 Å². The van der Waals surface area contributed by atoms with Crippen molar-refractivity contribution in [2.45, 2.75) is 17.8 Å². The highest BCUT2D eigenvalue weighted by molar-refractivity contribution is 7.88. The van der Waals surface area contributed by atoms with E-state index in [2.05, 4.69) is 4.72 Å². The van der Waals surface area contributed by atoms with Crippen LogP contribution in [-0.2, 0) is 15.8 Å². The Morgan fingerprint density at radius 1 is 0.900 bits per heavy atom. The number of carbonyl (C=O) groups excluding carboxylic acids is 1. The topological polar surface area (TPSA) is 98.5 Å². The van der Waals surface area contributed by atoms with Crippen molar-refractivity contribution >= 4 is 15.8 Å². The predicted molar refractivity (Wildman–Crippen MR) is 115 cm³/mol. The molecule has 3 aromatic carbocycles. The lowest BCUT2D eigenvalue weighted by Gasteiger charge is -2.26. The van der Waals surface area contributed by atoms with Crippen LogP contribution in [0.5, 0.6) is 5.75 Å². The monoisotopic (exact) mass is 422 g/mol. The van der Waals surface area contributed by atoms with E-state index in [-0.39, 0.29) is 18.1 Å². The second-order valence-corrected chi connectivity index (χ2v) is 8.96. The number of ketones is 1. The van der Waals surface area contributed by atoms with Gasteiger partial charge in [-0.05, 0) is 22.8 Å². The Kier molecular flexibility index (Phi) is 5.67. The van der Waals surface area contributed by atoms with E-state index in [9.17, 15) is 13.2 Å². The fourth-order valence-electron chi connectivity index (χ4n) is 3.67. The summed E-state index contributed by atoms with van der Waals surface area (Å²) < 4.78 is 34.3. The molecule has 6 nitrogen and oxygen atoms in total. The highest BCUT2D eigenvalue weighted by Gasteiger charge is 2.30. The van der Waals surface area contributed by atoms with E-state index >= 15 is 0 Å². The molecule has 0 aromatic heterocycles. The molecule has 0 aliphatic carbocycles. The first kappa shape index (κ1) is 20.3. The highest BCUT2D eigenvalue weighted by Crippen LogP contribution is 2.31. The van der Waals surface area contributed by atoms with Gasteiger partial charge < -0.3 is 10.5 Å². The number of rotatable bonds is 7. The van der Waals surface area contributed by atoms with Crippen molar-refractivity contribution in [3.63, 3.8) is 0 Å². The van der Waals surface area contributed by atoms with Crippen LogP contribution >= 0.6 is 0 Å². The van der Waals surface area contributed by atoms with Gasteiger partial charge in [-0.25, -0.2) is 13.1 Å². The third-order valence-electron chi connectivity index (χ3n) is 5.10. The lowest BCUT2D eigenvalue weighted by Crippen LogP contribution is -2.36. The van der Waals surface area contributed by atoms with E-state index < -0.39 is 22.1 Å². The molecule has 4 rings (SSSR count). The molecular formula is C23H22N2O4S. The summed E-state index contributed by atoms with van der Waals surface area (Å²) in [6, 6.07) is 22.3. The van der Waals surface area contributed by atoms with Crippen molar-refractivity contribution in [3.05, 3.63) is 101 Å². The standard InChI is InChI=1S/C23H22N2O4S/c24-22(16-8-3-1-4-9-16)23(17-10-5-2-6-11-17)25-30(27,28)15-18-12-7-13-20-21(18)19(26)14-29-20/h1-13,22-23,25H,14-15,24H2. The SMILES string of the molecule is NC(c1ccccc1)C(NS(=O)(=O)Cc1cccc2c1C(=O)CO2)c1ccccc1. The maximum atomic E-state index is 13.1. The Labute approximate surface area is 175 Å². The molecule has 0 saturated carbocycles. The molecule has 30 heavy (non-hydrogen) atoms. The van der Waals surface area contributed by atoms with Gasteiger partial charge in [-0.15, -0.1) is 0 Å². The maximum Gasteiger partial charge on any atom is 0.216 e. The molecular weight excluding hydrogens is 400 g/mol. The van der Waals surface area contributed by atoms with Gasteiger partial charge in [-0.1, -0.05) is 72.8 Å². The van der Waals surface area contributed by atoms with E-state index in [1.54, 1.807) is 18.2 Å². The molecule has 0 fully saturated rings. The zero-order valence-corrected chi connectivity index (χ0v) is 17.0. The molecule has 154 valence electrons. The number of nitrogens with two attached hydrogens (primary N) is 1. The van der Waals surface area contributed by atoms with Gasteiger partial charge in [0.2, 0.25) is 15.8 Å². The van der Waals surface area contributed by atoms with Crippen molar-refractivity contribution in [1.29, 1.82) is 0 Å². The summed E-state index contributed by atoms with van der Waals surface area (Å²) in [5, 5.41) is 0. The Hall–Kier alpha value is -3.00. The van der Waals surface area contributed by atoms with Crippen molar-refractivity contribution in [3.8, 4) is 5.75 Å². The average Bonchev–Trinajstić information content (AvgIpc) is 3.14. The van der Waals surface area contributed by atoms with Crippen molar-refractivity contribution < 1.29 is 17.9 Å². The zero-order chi connectivity index (χ0) is 21.1. The third kappa shape index (κ3) is 4.28. The second-order valence-electron chi connectivity index (χ2n) is 7.20. The second kappa shape index (κ2) is 8.39. The molecule has 0 bridgehead atoms. The van der Waals surface area contributed by atoms with Crippen LogP contribution in [0.1, 0.15) is 39.1 Å². The molecule has 1 aliphatic heterocycles. The van der Waals surface area contributed by atoms with Crippen LogP contribution in [0.3, 0.4) is 0 Å². The minimum Gasteiger partial charge on any atom is -0.485 e. The van der Waals surface area contributed by atoms with Crippen LogP contribution in [0, 0.1) is 0 Å². The van der Waals surface area contributed by atoms with E-state index in [4.69, 9.17) is 10.5 Å². The van der Waals surface area contributed by atoms with Crippen LogP contribution in [-0.4, -0.2) is 20.8 Å². The van der Waals surface area contributed by atoms with Crippen LogP contribution < -0.4 is 15.2 Å². The minimum atomic E-state index is -3.82. The summed E-state index contributed by atoms with van der Waals surface area (Å²) >= 11 is 0. The molecule has 1 aliphatic rings. The fraction of sp³-hybridized carbons (Fsp3) is 0.174. The average molecular weight is 423 g/mol. The Balaban J connectivity index is 1.65. The Morgan fingerprint density at radius 3 is 2.20 bits per heavy atom. The van der Waals surface area contributed by atoms with Crippen LogP contribution in [0.15, 0.2) is 78.9 Å². The molecule has 0 spiro atoms. The Morgan fingerprint density at radius 2 is 1.53 bits per heavy atom. The number of ether oxygens (including phenoxy) is 1. The van der Waals surface area contributed by atoms with Gasteiger partial charge >= 0.3 is 0 Å². The maximum absolute atomic E-state index is 13.1. The lowest BCUT2D eigenvalue weighted by atomic mass is 9.95. The Bertz CT molecular complexity index is 1150. The number of benzene rings is 3. The summed E-state index contributed by atoms with van der Waals surface area (Å²) in [6.45, 7) is -0.0641. The van der Waals surface area contributed by atoms with E-state index in [1.165, 1.54) is 0 Å². The normalized spacial score (nSPS) is 15.3. The van der Waals surface area contributed by atoms with Crippen LogP contribution in [0.2, 0.25) is 0 Å². The summed E-state index contributed by atoms with van der Waals surface area (Å²) in [4.78, 5) is 12.1. The molecule has 2 unspecified atom stereocenters. The molecule has 0 saturated heterocycles. The van der Waals surface area contributed by atoms with Crippen molar-refractivity contribution in [2.75, 3.05) is 6.61 Å². The van der Waals surface area contributed by atoms with Crippen LogP contribution in [0.4, 0.5) is 0 Å².